The second-order valence-corrected chi connectivity index (χ2v) is 6.43. The van der Waals surface area contributed by atoms with Crippen molar-refractivity contribution in [3.63, 3.8) is 0 Å². The lowest BCUT2D eigenvalue weighted by atomic mass is 10.1. The first-order valence-electron chi connectivity index (χ1n) is 8.85. The van der Waals surface area contributed by atoms with Gasteiger partial charge in [0.05, 0.1) is 29.2 Å². The summed E-state index contributed by atoms with van der Waals surface area (Å²) in [5.74, 6) is 0.703. The van der Waals surface area contributed by atoms with Crippen LogP contribution < -0.4 is 10.5 Å². The van der Waals surface area contributed by atoms with Crippen molar-refractivity contribution in [1.82, 2.24) is 14.5 Å². The monoisotopic (exact) mass is 384 g/mol. The number of hydrogen-bond donors (Lipinski definition) is 3. The Morgan fingerprint density at radius 1 is 1.25 bits per heavy atom. The second-order valence-electron chi connectivity index (χ2n) is 6.43. The number of nitrogens with one attached hydrogen (secondary N) is 1. The molecular formula is C19H24N6O3. The van der Waals surface area contributed by atoms with Crippen LogP contribution in [0.25, 0.3) is 5.52 Å². The molecular weight excluding hydrogens is 360 g/mol. The zero-order chi connectivity index (χ0) is 20.1. The van der Waals surface area contributed by atoms with Gasteiger partial charge in [-0.2, -0.15) is 0 Å². The van der Waals surface area contributed by atoms with Crippen molar-refractivity contribution in [2.45, 2.75) is 0 Å². The first-order chi connectivity index (χ1) is 13.5. The summed E-state index contributed by atoms with van der Waals surface area (Å²) in [5, 5.41) is 21.4. The molecule has 1 aliphatic rings. The van der Waals surface area contributed by atoms with Gasteiger partial charge >= 0.3 is 0 Å². The Labute approximate surface area is 162 Å². The predicted molar refractivity (Wildman–Crippen MR) is 107 cm³/mol. The molecule has 0 aliphatic heterocycles. The molecule has 2 aromatic rings. The molecule has 0 saturated heterocycles. The summed E-state index contributed by atoms with van der Waals surface area (Å²) in [4.78, 5) is 6.68. The highest BCUT2D eigenvalue weighted by molar-refractivity contribution is 6.22. The fourth-order valence-electron chi connectivity index (χ4n) is 2.57. The van der Waals surface area contributed by atoms with E-state index in [0.717, 1.165) is 12.1 Å². The Kier molecular flexibility index (Phi) is 6.07. The Morgan fingerprint density at radius 2 is 2.07 bits per heavy atom. The van der Waals surface area contributed by atoms with E-state index in [1.807, 2.05) is 43.4 Å². The molecule has 0 spiro atoms. The van der Waals surface area contributed by atoms with Gasteiger partial charge in [0.1, 0.15) is 19.0 Å². The maximum absolute atomic E-state index is 8.96. The van der Waals surface area contributed by atoms with Crippen LogP contribution in [-0.2, 0) is 4.74 Å². The largest absolute Gasteiger partial charge is 0.489 e. The molecule has 4 N–H and O–H groups in total. The molecule has 0 atom stereocenters. The molecule has 2 heterocycles. The number of aromatic nitrogens is 2. The molecule has 0 fully saturated rings. The fourth-order valence-corrected chi connectivity index (χ4v) is 2.57. The van der Waals surface area contributed by atoms with E-state index in [9.17, 15) is 0 Å². The fraction of sp³-hybridized carbons (Fsp3) is 0.316. The molecule has 28 heavy (non-hydrogen) atoms. The number of allylic oxidation sites excluding steroid dienone is 2. The summed E-state index contributed by atoms with van der Waals surface area (Å²) in [5.41, 5.74) is 8.32. The number of nitrogens with zero attached hydrogens (tertiary/aromatic N) is 4. The predicted octanol–water partition coefficient (Wildman–Crippen LogP) is 1.12. The van der Waals surface area contributed by atoms with Crippen LogP contribution in [-0.4, -0.2) is 71.5 Å². The van der Waals surface area contributed by atoms with Gasteiger partial charge in [0, 0.05) is 18.8 Å². The molecule has 9 nitrogen and oxygen atoms in total. The van der Waals surface area contributed by atoms with Gasteiger partial charge in [0.15, 0.2) is 5.69 Å². The maximum Gasteiger partial charge on any atom is 0.260 e. The molecule has 2 aromatic heterocycles. The van der Waals surface area contributed by atoms with Gasteiger partial charge in [0.2, 0.25) is 0 Å². The summed E-state index contributed by atoms with van der Waals surface area (Å²) in [6, 6.07) is 5.66. The quantitative estimate of drug-likeness (QED) is 0.586. The van der Waals surface area contributed by atoms with Crippen molar-refractivity contribution in [3.8, 4) is 5.88 Å². The number of nitrogens with two attached hydrogens (primary N) is 1. The number of likely N-dealkylation sites (N-methyl/N-ethyl adjacent to an activating group) is 1. The number of fused-ring (bicyclic) bond motifs is 1. The summed E-state index contributed by atoms with van der Waals surface area (Å²) >= 11 is 0. The van der Waals surface area contributed by atoms with E-state index in [1.165, 1.54) is 6.08 Å². The average molecular weight is 384 g/mol. The van der Waals surface area contributed by atoms with E-state index in [4.69, 9.17) is 25.7 Å². The van der Waals surface area contributed by atoms with E-state index in [2.05, 4.69) is 10.1 Å². The van der Waals surface area contributed by atoms with E-state index in [-0.39, 0.29) is 18.9 Å². The number of hydrogen-bond acceptors (Lipinski definition) is 8. The molecule has 0 unspecified atom stereocenters. The highest BCUT2D eigenvalue weighted by Crippen LogP contribution is 2.32. The summed E-state index contributed by atoms with van der Waals surface area (Å²) < 4.78 is 12.9. The molecule has 3 rings (SSSR count). The first kappa shape index (κ1) is 19.6. The van der Waals surface area contributed by atoms with Gasteiger partial charge < -0.3 is 25.2 Å². The third-order valence-electron chi connectivity index (χ3n) is 3.97. The SMILES string of the molecule is CN(C)CCOc1nn2ccccc2c1/N=C1\C=C(OCCO)C(=N)C=C1N. The Bertz CT molecular complexity index is 958. The van der Waals surface area contributed by atoms with Crippen molar-refractivity contribution in [3.05, 3.63) is 48.0 Å². The Morgan fingerprint density at radius 3 is 2.82 bits per heavy atom. The number of aliphatic imine (C=N–C) groups is 1. The van der Waals surface area contributed by atoms with Crippen molar-refractivity contribution in [2.24, 2.45) is 10.7 Å². The maximum atomic E-state index is 8.96. The van der Waals surface area contributed by atoms with E-state index in [0.29, 0.717) is 35.3 Å². The number of aliphatic hydroxyl groups excluding tert-OH is 1. The van der Waals surface area contributed by atoms with Crippen LogP contribution in [0.5, 0.6) is 5.88 Å². The molecule has 1 aliphatic carbocycles. The molecule has 9 heteroatoms. The minimum absolute atomic E-state index is 0.0881. The summed E-state index contributed by atoms with van der Waals surface area (Å²) in [6.45, 7) is 1.15. The van der Waals surface area contributed by atoms with Crippen molar-refractivity contribution in [1.29, 1.82) is 5.41 Å². The zero-order valence-electron chi connectivity index (χ0n) is 15.9. The second kappa shape index (κ2) is 8.68. The van der Waals surface area contributed by atoms with Gasteiger partial charge in [-0.3, -0.25) is 5.41 Å². The van der Waals surface area contributed by atoms with Gasteiger partial charge in [-0.25, -0.2) is 9.51 Å². The lowest BCUT2D eigenvalue weighted by Gasteiger charge is -2.15. The van der Waals surface area contributed by atoms with Crippen LogP contribution in [0.15, 0.2) is 53.0 Å². The minimum atomic E-state index is -0.145. The van der Waals surface area contributed by atoms with Crippen LogP contribution in [0, 0.1) is 5.41 Å². The zero-order valence-corrected chi connectivity index (χ0v) is 15.9. The van der Waals surface area contributed by atoms with Crippen LogP contribution in [0.1, 0.15) is 0 Å². The van der Waals surface area contributed by atoms with E-state index >= 15 is 0 Å². The van der Waals surface area contributed by atoms with Crippen LogP contribution in [0.4, 0.5) is 5.69 Å². The Hall–Kier alpha value is -3.17. The summed E-state index contributed by atoms with van der Waals surface area (Å²) in [7, 11) is 3.94. The van der Waals surface area contributed by atoms with E-state index < -0.39 is 0 Å². The van der Waals surface area contributed by atoms with E-state index in [1.54, 1.807) is 10.6 Å². The highest BCUT2D eigenvalue weighted by atomic mass is 16.5. The number of rotatable bonds is 8. The highest BCUT2D eigenvalue weighted by Gasteiger charge is 2.19. The molecule has 0 bridgehead atoms. The van der Waals surface area contributed by atoms with Gasteiger partial charge in [-0.15, -0.1) is 5.10 Å². The topological polar surface area (TPSA) is 121 Å². The normalized spacial score (nSPS) is 15.9. The standard InChI is InChI=1S/C19H24N6O3/c1-24(2)7-9-28-19-18(16-5-3-4-6-25(16)23-19)22-15-12-17(27-10-8-26)14(21)11-13(15)20/h3-6,11-12,21,26H,7-10,20H2,1-2H3/b21-14?,22-15+. The lowest BCUT2D eigenvalue weighted by molar-refractivity contribution is 0.156. The number of ether oxygens (including phenoxy) is 2. The summed E-state index contributed by atoms with van der Waals surface area (Å²) in [6.07, 6.45) is 4.88. The number of pyridine rings is 1. The lowest BCUT2D eigenvalue weighted by Crippen LogP contribution is -2.20. The smallest absolute Gasteiger partial charge is 0.260 e. The third-order valence-corrected chi connectivity index (χ3v) is 3.97. The van der Waals surface area contributed by atoms with Gasteiger partial charge in [0.25, 0.3) is 5.88 Å². The van der Waals surface area contributed by atoms with Crippen molar-refractivity contribution in [2.75, 3.05) is 40.5 Å². The molecule has 0 amide bonds. The van der Waals surface area contributed by atoms with Crippen LogP contribution in [0.2, 0.25) is 0 Å². The molecule has 0 radical (unpaired) electrons. The first-order valence-corrected chi connectivity index (χ1v) is 8.85. The Balaban J connectivity index is 2.00. The molecule has 148 valence electrons. The average Bonchev–Trinajstić information content (AvgIpc) is 3.00. The van der Waals surface area contributed by atoms with Gasteiger partial charge in [-0.1, -0.05) is 6.07 Å². The minimum Gasteiger partial charge on any atom is -0.489 e. The van der Waals surface area contributed by atoms with Crippen LogP contribution in [0.3, 0.4) is 0 Å². The molecule has 0 saturated carbocycles. The molecule has 0 aromatic carbocycles. The van der Waals surface area contributed by atoms with Crippen LogP contribution >= 0.6 is 0 Å². The van der Waals surface area contributed by atoms with Crippen molar-refractivity contribution < 1.29 is 14.6 Å². The van der Waals surface area contributed by atoms with Crippen molar-refractivity contribution >= 4 is 22.6 Å². The third kappa shape index (κ3) is 4.38. The number of aliphatic hydroxyl groups is 1. The van der Waals surface area contributed by atoms with Gasteiger partial charge in [-0.05, 0) is 32.3 Å².